The number of halogens is 1. The molecule has 0 aliphatic carbocycles. The van der Waals surface area contributed by atoms with Gasteiger partial charge >= 0.3 is 7.82 Å². The van der Waals surface area contributed by atoms with Gasteiger partial charge in [-0.1, -0.05) is 18.7 Å². The van der Waals surface area contributed by atoms with Crippen molar-refractivity contribution in [1.29, 1.82) is 0 Å². The standard InChI is InChI=1S/C16H23ClNO6P/c1-6-9-22-25(20,23-10-7-2)24-14(8-3)15(21-5)11-13(4)18-16(19)12-17/h6-8,11H,1-3,9-10,12H2,4-5H3,(H,18,19)/b13-11+,15-14-. The van der Waals surface area contributed by atoms with Gasteiger partial charge in [-0.3, -0.25) is 13.8 Å². The predicted octanol–water partition coefficient (Wildman–Crippen LogP) is 3.82. The predicted molar refractivity (Wildman–Crippen MR) is 97.8 cm³/mol. The summed E-state index contributed by atoms with van der Waals surface area (Å²) in [4.78, 5) is 11.3. The molecule has 0 bridgehead atoms. The Morgan fingerprint density at radius 3 is 2.12 bits per heavy atom. The second-order valence-electron chi connectivity index (χ2n) is 4.35. The van der Waals surface area contributed by atoms with Crippen molar-refractivity contribution in [3.63, 3.8) is 0 Å². The highest BCUT2D eigenvalue weighted by atomic mass is 35.5. The molecule has 25 heavy (non-hydrogen) atoms. The minimum absolute atomic E-state index is 0.00145. The SMILES string of the molecule is C=CCOP(=O)(OCC=C)O/C(C=C)=C(/C=C(\C)NC(=O)CCl)OC. The normalized spacial score (nSPS) is 12.7. The van der Waals surface area contributed by atoms with Crippen LogP contribution in [0.4, 0.5) is 0 Å². The number of phosphoric acid groups is 1. The maximum atomic E-state index is 12.6. The van der Waals surface area contributed by atoms with Gasteiger partial charge in [0.25, 0.3) is 0 Å². The van der Waals surface area contributed by atoms with Crippen LogP contribution in [-0.4, -0.2) is 32.1 Å². The first kappa shape index (κ1) is 23.2. The van der Waals surface area contributed by atoms with E-state index in [1.807, 2.05) is 0 Å². The monoisotopic (exact) mass is 391 g/mol. The van der Waals surface area contributed by atoms with Crippen LogP contribution in [0.3, 0.4) is 0 Å². The molecule has 7 nitrogen and oxygen atoms in total. The molecule has 0 heterocycles. The average molecular weight is 392 g/mol. The van der Waals surface area contributed by atoms with E-state index in [2.05, 4.69) is 25.1 Å². The zero-order valence-electron chi connectivity index (χ0n) is 14.3. The van der Waals surface area contributed by atoms with Crippen LogP contribution in [0.25, 0.3) is 0 Å². The van der Waals surface area contributed by atoms with E-state index in [0.29, 0.717) is 5.70 Å². The third kappa shape index (κ3) is 9.31. The van der Waals surface area contributed by atoms with E-state index in [-0.39, 0.29) is 36.5 Å². The van der Waals surface area contributed by atoms with Crippen molar-refractivity contribution < 1.29 is 27.7 Å². The first-order valence-electron chi connectivity index (χ1n) is 7.11. The van der Waals surface area contributed by atoms with Crippen molar-refractivity contribution in [1.82, 2.24) is 5.32 Å². The number of alkyl halides is 1. The molecular formula is C16H23ClNO6P. The third-order valence-electron chi connectivity index (χ3n) is 2.36. The Labute approximate surface area is 153 Å². The molecule has 0 unspecified atom stereocenters. The molecule has 0 aromatic rings. The van der Waals surface area contributed by atoms with Crippen LogP contribution in [0.2, 0.25) is 0 Å². The highest BCUT2D eigenvalue weighted by molar-refractivity contribution is 7.48. The molecule has 0 aliphatic rings. The first-order chi connectivity index (χ1) is 11.9. The molecule has 0 aliphatic heterocycles. The van der Waals surface area contributed by atoms with Crippen LogP contribution in [-0.2, 0) is 27.7 Å². The van der Waals surface area contributed by atoms with Crippen molar-refractivity contribution in [3.8, 4) is 0 Å². The minimum Gasteiger partial charge on any atom is -0.493 e. The van der Waals surface area contributed by atoms with E-state index in [1.54, 1.807) is 6.92 Å². The molecule has 0 fully saturated rings. The number of nitrogens with one attached hydrogen (secondary N) is 1. The molecule has 0 aromatic heterocycles. The van der Waals surface area contributed by atoms with Crippen LogP contribution in [0.15, 0.2) is 61.3 Å². The maximum absolute atomic E-state index is 12.6. The number of amides is 1. The number of methoxy groups -OCH3 is 1. The number of carbonyl (C=O) groups is 1. The van der Waals surface area contributed by atoms with Crippen LogP contribution in [0.5, 0.6) is 0 Å². The summed E-state index contributed by atoms with van der Waals surface area (Å²) in [6.07, 6.45) is 5.51. The molecule has 0 radical (unpaired) electrons. The fourth-order valence-electron chi connectivity index (χ4n) is 1.40. The number of rotatable bonds is 13. The molecule has 0 rings (SSSR count). The van der Waals surface area contributed by atoms with E-state index in [0.717, 1.165) is 0 Å². The van der Waals surface area contributed by atoms with Crippen molar-refractivity contribution in [3.05, 3.63) is 61.3 Å². The zero-order valence-corrected chi connectivity index (χ0v) is 16.0. The fraction of sp³-hybridized carbons (Fsp3) is 0.312. The summed E-state index contributed by atoms with van der Waals surface area (Å²) in [5, 5.41) is 2.53. The Bertz CT molecular complexity index is 583. The summed E-state index contributed by atoms with van der Waals surface area (Å²) in [6, 6.07) is 0. The van der Waals surface area contributed by atoms with E-state index in [4.69, 9.17) is 29.9 Å². The molecule has 9 heteroatoms. The minimum atomic E-state index is -3.96. The molecular weight excluding hydrogens is 369 g/mol. The van der Waals surface area contributed by atoms with Crippen molar-refractivity contribution in [2.45, 2.75) is 6.92 Å². The second-order valence-corrected chi connectivity index (χ2v) is 6.21. The van der Waals surface area contributed by atoms with Gasteiger partial charge in [-0.25, -0.2) is 4.57 Å². The van der Waals surface area contributed by atoms with Gasteiger partial charge < -0.3 is 14.6 Å². The Morgan fingerprint density at radius 1 is 1.16 bits per heavy atom. The molecule has 1 amide bonds. The number of ether oxygens (including phenoxy) is 1. The lowest BCUT2D eigenvalue weighted by atomic mass is 10.3. The van der Waals surface area contributed by atoms with Gasteiger partial charge in [-0.15, -0.1) is 24.8 Å². The molecule has 140 valence electrons. The Morgan fingerprint density at radius 2 is 1.72 bits per heavy atom. The summed E-state index contributed by atoms with van der Waals surface area (Å²) in [6.45, 7) is 12.0. The van der Waals surface area contributed by atoms with E-state index < -0.39 is 7.82 Å². The highest BCUT2D eigenvalue weighted by Gasteiger charge is 2.29. The fourth-order valence-corrected chi connectivity index (χ4v) is 2.63. The van der Waals surface area contributed by atoms with Crippen LogP contribution < -0.4 is 5.32 Å². The Kier molecular flexibility index (Phi) is 11.7. The molecule has 0 atom stereocenters. The van der Waals surface area contributed by atoms with Crippen LogP contribution >= 0.6 is 19.4 Å². The molecule has 0 spiro atoms. The maximum Gasteiger partial charge on any atom is 0.530 e. The summed E-state index contributed by atoms with van der Waals surface area (Å²) in [5.74, 6) is -0.436. The van der Waals surface area contributed by atoms with Crippen molar-refractivity contribution in [2.24, 2.45) is 0 Å². The lowest BCUT2D eigenvalue weighted by Gasteiger charge is -2.19. The van der Waals surface area contributed by atoms with Gasteiger partial charge in [0.05, 0.1) is 20.3 Å². The number of hydrogen-bond donors (Lipinski definition) is 1. The lowest BCUT2D eigenvalue weighted by Crippen LogP contribution is -2.22. The van der Waals surface area contributed by atoms with Crippen molar-refractivity contribution >= 4 is 25.3 Å². The molecule has 0 aromatic carbocycles. The van der Waals surface area contributed by atoms with Crippen molar-refractivity contribution in [2.75, 3.05) is 26.2 Å². The summed E-state index contributed by atoms with van der Waals surface area (Å²) >= 11 is 5.43. The highest BCUT2D eigenvalue weighted by Crippen LogP contribution is 2.52. The van der Waals surface area contributed by atoms with Gasteiger partial charge in [0.2, 0.25) is 5.91 Å². The quantitative estimate of drug-likeness (QED) is 0.169. The number of hydrogen-bond acceptors (Lipinski definition) is 6. The summed E-state index contributed by atoms with van der Waals surface area (Å²) in [7, 11) is -2.59. The van der Waals surface area contributed by atoms with Gasteiger partial charge in [-0.2, -0.15) is 0 Å². The Hall–Kier alpha value is -1.79. The van der Waals surface area contributed by atoms with E-state index >= 15 is 0 Å². The number of allylic oxidation sites excluding steroid dienone is 3. The summed E-state index contributed by atoms with van der Waals surface area (Å²) < 4.78 is 33.4. The van der Waals surface area contributed by atoms with Crippen LogP contribution in [0, 0.1) is 0 Å². The smallest absolute Gasteiger partial charge is 0.493 e. The topological polar surface area (TPSA) is 83.1 Å². The average Bonchev–Trinajstić information content (AvgIpc) is 2.61. The molecule has 0 saturated carbocycles. The molecule has 0 saturated heterocycles. The van der Waals surface area contributed by atoms with E-state index in [1.165, 1.54) is 31.4 Å². The Balaban J connectivity index is 5.58. The number of phosphoric ester groups is 1. The second kappa shape index (κ2) is 12.6. The zero-order chi connectivity index (χ0) is 19.3. The third-order valence-corrected chi connectivity index (χ3v) is 3.96. The summed E-state index contributed by atoms with van der Waals surface area (Å²) in [5.41, 5.74) is 0.430. The van der Waals surface area contributed by atoms with Crippen LogP contribution in [0.1, 0.15) is 6.92 Å². The van der Waals surface area contributed by atoms with E-state index in [9.17, 15) is 9.36 Å². The van der Waals surface area contributed by atoms with Gasteiger partial charge in [0.1, 0.15) is 5.88 Å². The molecule has 1 N–H and O–H groups in total. The van der Waals surface area contributed by atoms with Gasteiger partial charge in [0.15, 0.2) is 11.5 Å². The largest absolute Gasteiger partial charge is 0.530 e. The first-order valence-corrected chi connectivity index (χ1v) is 9.10. The van der Waals surface area contributed by atoms with Gasteiger partial charge in [-0.05, 0) is 13.0 Å². The number of carbonyl (C=O) groups excluding carboxylic acids is 1. The van der Waals surface area contributed by atoms with Gasteiger partial charge in [0, 0.05) is 11.8 Å². The lowest BCUT2D eigenvalue weighted by molar-refractivity contribution is -0.117.